The van der Waals surface area contributed by atoms with E-state index in [9.17, 15) is 4.79 Å². The molecule has 1 amide bonds. The van der Waals surface area contributed by atoms with Crippen molar-refractivity contribution in [2.75, 3.05) is 19.0 Å². The Bertz CT molecular complexity index is 952. The molecule has 5 heteroatoms. The molecule has 3 rings (SSSR count). The topological polar surface area (TPSA) is 63.2 Å². The number of nitrogens with one attached hydrogen (secondary N) is 2. The van der Waals surface area contributed by atoms with Crippen LogP contribution in [0.25, 0.3) is 0 Å². The first-order valence-electron chi connectivity index (χ1n) is 9.25. The number of carbonyl (C=O) groups is 1. The number of pyridine rings is 1. The fourth-order valence-electron chi connectivity index (χ4n) is 2.96. The Morgan fingerprint density at radius 2 is 1.82 bits per heavy atom. The van der Waals surface area contributed by atoms with E-state index in [-0.39, 0.29) is 5.91 Å². The fourth-order valence-corrected chi connectivity index (χ4v) is 2.96. The molecule has 0 spiro atoms. The molecular formula is C23H25N3O2. The number of carbonyl (C=O) groups excluding carboxylic acids is 1. The Hall–Kier alpha value is -3.34. The van der Waals surface area contributed by atoms with Gasteiger partial charge in [0.15, 0.2) is 0 Å². The van der Waals surface area contributed by atoms with E-state index in [2.05, 4.69) is 41.6 Å². The SMILES string of the molecule is COc1ccc(CCNC(=O)c2cncc(Nc3ccc(C)cc3C)c2)cc1. The molecule has 3 aromatic rings. The minimum Gasteiger partial charge on any atom is -0.497 e. The summed E-state index contributed by atoms with van der Waals surface area (Å²) in [7, 11) is 1.65. The van der Waals surface area contributed by atoms with Crippen LogP contribution in [-0.2, 0) is 6.42 Å². The maximum absolute atomic E-state index is 12.5. The van der Waals surface area contributed by atoms with Crippen molar-refractivity contribution in [3.8, 4) is 5.75 Å². The van der Waals surface area contributed by atoms with Crippen LogP contribution in [0.3, 0.4) is 0 Å². The van der Waals surface area contributed by atoms with E-state index in [0.717, 1.165) is 34.7 Å². The monoisotopic (exact) mass is 375 g/mol. The van der Waals surface area contributed by atoms with Crippen molar-refractivity contribution in [1.29, 1.82) is 0 Å². The van der Waals surface area contributed by atoms with Crippen LogP contribution in [0.5, 0.6) is 5.75 Å². The zero-order valence-corrected chi connectivity index (χ0v) is 16.5. The van der Waals surface area contributed by atoms with Crippen molar-refractivity contribution in [3.05, 3.63) is 83.2 Å². The zero-order valence-electron chi connectivity index (χ0n) is 16.5. The number of ether oxygens (including phenoxy) is 1. The Morgan fingerprint density at radius 1 is 1.04 bits per heavy atom. The lowest BCUT2D eigenvalue weighted by Gasteiger charge is -2.11. The molecule has 0 fully saturated rings. The van der Waals surface area contributed by atoms with E-state index in [4.69, 9.17) is 4.74 Å². The molecule has 1 heterocycles. The minimum atomic E-state index is -0.134. The van der Waals surface area contributed by atoms with Crippen molar-refractivity contribution in [1.82, 2.24) is 10.3 Å². The van der Waals surface area contributed by atoms with Crippen molar-refractivity contribution in [2.24, 2.45) is 0 Å². The molecule has 28 heavy (non-hydrogen) atoms. The second kappa shape index (κ2) is 9.04. The molecule has 5 nitrogen and oxygen atoms in total. The van der Waals surface area contributed by atoms with E-state index < -0.39 is 0 Å². The van der Waals surface area contributed by atoms with Crippen LogP contribution in [0.15, 0.2) is 60.9 Å². The third kappa shape index (κ3) is 5.10. The third-order valence-electron chi connectivity index (χ3n) is 4.52. The number of benzene rings is 2. The Labute approximate surface area is 165 Å². The number of nitrogens with zero attached hydrogens (tertiary/aromatic N) is 1. The first-order chi connectivity index (χ1) is 13.5. The van der Waals surface area contributed by atoms with Gasteiger partial charge in [0.2, 0.25) is 0 Å². The summed E-state index contributed by atoms with van der Waals surface area (Å²) in [6.45, 7) is 4.67. The summed E-state index contributed by atoms with van der Waals surface area (Å²) in [5.74, 6) is 0.692. The lowest BCUT2D eigenvalue weighted by Crippen LogP contribution is -2.25. The van der Waals surface area contributed by atoms with Gasteiger partial charge >= 0.3 is 0 Å². The van der Waals surface area contributed by atoms with Gasteiger partial charge in [-0.15, -0.1) is 0 Å². The van der Waals surface area contributed by atoms with Gasteiger partial charge in [0.25, 0.3) is 5.91 Å². The van der Waals surface area contributed by atoms with Crippen molar-refractivity contribution < 1.29 is 9.53 Å². The van der Waals surface area contributed by atoms with Crippen LogP contribution >= 0.6 is 0 Å². The molecular weight excluding hydrogens is 350 g/mol. The van der Waals surface area contributed by atoms with Gasteiger partial charge in [0.05, 0.1) is 24.6 Å². The normalized spacial score (nSPS) is 10.4. The van der Waals surface area contributed by atoms with Gasteiger partial charge in [-0.2, -0.15) is 0 Å². The number of aryl methyl sites for hydroxylation is 2. The molecule has 2 N–H and O–H groups in total. The minimum absolute atomic E-state index is 0.134. The van der Waals surface area contributed by atoms with Gasteiger partial charge in [-0.05, 0) is 55.7 Å². The molecule has 0 aliphatic rings. The number of hydrogen-bond donors (Lipinski definition) is 2. The fraction of sp³-hybridized carbons (Fsp3) is 0.217. The highest BCUT2D eigenvalue weighted by Crippen LogP contribution is 2.21. The van der Waals surface area contributed by atoms with E-state index in [1.807, 2.05) is 36.4 Å². The van der Waals surface area contributed by atoms with Crippen molar-refractivity contribution >= 4 is 17.3 Å². The van der Waals surface area contributed by atoms with Crippen LogP contribution in [0.2, 0.25) is 0 Å². The van der Waals surface area contributed by atoms with Crippen LogP contribution in [0, 0.1) is 13.8 Å². The molecule has 1 aromatic heterocycles. The van der Waals surface area contributed by atoms with Gasteiger partial charge in [-0.25, -0.2) is 0 Å². The summed E-state index contributed by atoms with van der Waals surface area (Å²) in [4.78, 5) is 16.6. The largest absolute Gasteiger partial charge is 0.497 e. The van der Waals surface area contributed by atoms with E-state index in [1.54, 1.807) is 19.5 Å². The van der Waals surface area contributed by atoms with Gasteiger partial charge in [0, 0.05) is 18.4 Å². The highest BCUT2D eigenvalue weighted by Gasteiger charge is 2.08. The Balaban J connectivity index is 1.58. The molecule has 0 aliphatic carbocycles. The van der Waals surface area contributed by atoms with E-state index in [0.29, 0.717) is 12.1 Å². The Kier molecular flexibility index (Phi) is 6.27. The first-order valence-corrected chi connectivity index (χ1v) is 9.25. The summed E-state index contributed by atoms with van der Waals surface area (Å²) < 4.78 is 5.15. The number of amides is 1. The smallest absolute Gasteiger partial charge is 0.252 e. The van der Waals surface area contributed by atoms with Crippen LogP contribution in [0.4, 0.5) is 11.4 Å². The third-order valence-corrected chi connectivity index (χ3v) is 4.52. The van der Waals surface area contributed by atoms with Gasteiger partial charge in [-0.1, -0.05) is 29.8 Å². The quantitative estimate of drug-likeness (QED) is 0.641. The molecule has 0 saturated carbocycles. The predicted octanol–water partition coefficient (Wildman–Crippen LogP) is 4.42. The second-order valence-corrected chi connectivity index (χ2v) is 6.76. The second-order valence-electron chi connectivity index (χ2n) is 6.76. The number of rotatable bonds is 7. The summed E-state index contributed by atoms with van der Waals surface area (Å²) in [5.41, 5.74) is 5.83. The maximum Gasteiger partial charge on any atom is 0.252 e. The van der Waals surface area contributed by atoms with Gasteiger partial charge < -0.3 is 15.4 Å². The van der Waals surface area contributed by atoms with Crippen molar-refractivity contribution in [3.63, 3.8) is 0 Å². The summed E-state index contributed by atoms with van der Waals surface area (Å²) in [5, 5.41) is 6.28. The van der Waals surface area contributed by atoms with Gasteiger partial charge in [-0.3, -0.25) is 9.78 Å². The zero-order chi connectivity index (χ0) is 19.9. The van der Waals surface area contributed by atoms with E-state index in [1.165, 1.54) is 5.56 Å². The molecule has 144 valence electrons. The van der Waals surface area contributed by atoms with Crippen molar-refractivity contribution in [2.45, 2.75) is 20.3 Å². The molecule has 0 unspecified atom stereocenters. The molecule has 2 aromatic carbocycles. The highest BCUT2D eigenvalue weighted by molar-refractivity contribution is 5.94. The summed E-state index contributed by atoms with van der Waals surface area (Å²) >= 11 is 0. The average molecular weight is 375 g/mol. The van der Waals surface area contributed by atoms with E-state index >= 15 is 0 Å². The maximum atomic E-state index is 12.5. The molecule has 0 aliphatic heterocycles. The van der Waals surface area contributed by atoms with Crippen LogP contribution < -0.4 is 15.4 Å². The molecule has 0 atom stereocenters. The number of methoxy groups -OCH3 is 1. The van der Waals surface area contributed by atoms with Crippen LogP contribution in [0.1, 0.15) is 27.0 Å². The number of anilines is 2. The molecule has 0 radical (unpaired) electrons. The number of hydrogen-bond acceptors (Lipinski definition) is 4. The van der Waals surface area contributed by atoms with Crippen LogP contribution in [-0.4, -0.2) is 24.5 Å². The number of aromatic nitrogens is 1. The summed E-state index contributed by atoms with van der Waals surface area (Å²) in [6.07, 6.45) is 4.05. The summed E-state index contributed by atoms with van der Waals surface area (Å²) in [6, 6.07) is 15.9. The molecule has 0 bridgehead atoms. The highest BCUT2D eigenvalue weighted by atomic mass is 16.5. The molecule has 0 saturated heterocycles. The standard InChI is InChI=1S/C23H25N3O2/c1-16-4-9-22(17(2)12-16)26-20-13-19(14-24-15-20)23(27)25-11-10-18-5-7-21(28-3)8-6-18/h4-9,12-15,26H,10-11H2,1-3H3,(H,25,27). The first kappa shape index (κ1) is 19.4. The average Bonchev–Trinajstić information content (AvgIpc) is 2.71. The lowest BCUT2D eigenvalue weighted by molar-refractivity contribution is 0.0954. The lowest BCUT2D eigenvalue weighted by atomic mass is 10.1. The predicted molar refractivity (Wildman–Crippen MR) is 112 cm³/mol. The van der Waals surface area contributed by atoms with Gasteiger partial charge in [0.1, 0.15) is 5.75 Å². The Morgan fingerprint density at radius 3 is 2.54 bits per heavy atom.